The number of carbonyl (C=O) groups excluding carboxylic acids is 1. The lowest BCUT2D eigenvalue weighted by Gasteiger charge is -2.33. The Kier molecular flexibility index (Phi) is 6.13. The molecule has 3 rings (SSSR count). The molecule has 1 aliphatic carbocycles. The molecule has 0 radical (unpaired) electrons. The summed E-state index contributed by atoms with van der Waals surface area (Å²) in [6, 6.07) is 0.0714. The molecule has 1 saturated carbocycles. The molecule has 0 spiro atoms. The van der Waals surface area contributed by atoms with Gasteiger partial charge in [-0.05, 0) is 63.6 Å². The monoisotopic (exact) mass is 307 g/mol. The number of piperidine rings is 1. The van der Waals surface area contributed by atoms with Crippen molar-refractivity contribution >= 4 is 5.91 Å². The first-order valence-corrected chi connectivity index (χ1v) is 9.55. The van der Waals surface area contributed by atoms with E-state index >= 15 is 0 Å². The summed E-state index contributed by atoms with van der Waals surface area (Å²) >= 11 is 0. The summed E-state index contributed by atoms with van der Waals surface area (Å²) in [6.45, 7) is 5.60. The summed E-state index contributed by atoms with van der Waals surface area (Å²) in [5, 5.41) is 6.47. The third-order valence-corrected chi connectivity index (χ3v) is 5.87. The maximum absolute atomic E-state index is 12.1. The summed E-state index contributed by atoms with van der Waals surface area (Å²) in [5.41, 5.74) is 0. The Bertz CT molecular complexity index is 348. The quantitative estimate of drug-likeness (QED) is 0.790. The fraction of sp³-hybridized carbons (Fsp3) is 0.944. The molecule has 2 unspecified atom stereocenters. The van der Waals surface area contributed by atoms with Crippen LogP contribution in [0.5, 0.6) is 0 Å². The zero-order valence-corrected chi connectivity index (χ0v) is 14.0. The van der Waals surface area contributed by atoms with Crippen molar-refractivity contribution in [1.29, 1.82) is 0 Å². The predicted molar refractivity (Wildman–Crippen MR) is 89.8 cm³/mol. The molecular weight excluding hydrogens is 274 g/mol. The molecule has 3 fully saturated rings. The normalized spacial score (nSPS) is 30.7. The maximum Gasteiger partial charge on any atom is 0.237 e. The molecule has 4 heteroatoms. The average Bonchev–Trinajstić information content (AvgIpc) is 3.24. The van der Waals surface area contributed by atoms with Crippen molar-refractivity contribution in [2.24, 2.45) is 11.8 Å². The standard InChI is InChI=1S/C18H33N3O/c22-18(17-8-3-10-19-17)20-13-16-7-4-11-21(14-16)12-9-15-5-1-2-6-15/h15-17,19H,1-14H2,(H,20,22). The predicted octanol–water partition coefficient (Wildman–Crippen LogP) is 2.15. The van der Waals surface area contributed by atoms with Crippen molar-refractivity contribution in [2.75, 3.05) is 32.7 Å². The molecule has 2 N–H and O–H groups in total. The van der Waals surface area contributed by atoms with E-state index in [1.165, 1.54) is 64.6 Å². The maximum atomic E-state index is 12.1. The van der Waals surface area contributed by atoms with Gasteiger partial charge in [-0.15, -0.1) is 0 Å². The highest BCUT2D eigenvalue weighted by Gasteiger charge is 2.25. The fourth-order valence-electron chi connectivity index (χ4n) is 4.46. The number of nitrogens with zero attached hydrogens (tertiary/aromatic N) is 1. The molecule has 0 aromatic rings. The molecule has 0 bridgehead atoms. The van der Waals surface area contributed by atoms with Gasteiger partial charge in [0.2, 0.25) is 5.91 Å². The lowest BCUT2D eigenvalue weighted by molar-refractivity contribution is -0.123. The molecule has 126 valence electrons. The first-order chi connectivity index (χ1) is 10.8. The molecule has 3 aliphatic rings. The topological polar surface area (TPSA) is 44.4 Å². The highest BCUT2D eigenvalue weighted by molar-refractivity contribution is 5.81. The van der Waals surface area contributed by atoms with Gasteiger partial charge in [-0.3, -0.25) is 4.79 Å². The van der Waals surface area contributed by atoms with E-state index in [9.17, 15) is 4.79 Å². The van der Waals surface area contributed by atoms with Crippen molar-refractivity contribution in [1.82, 2.24) is 15.5 Å². The van der Waals surface area contributed by atoms with Crippen molar-refractivity contribution in [3.8, 4) is 0 Å². The van der Waals surface area contributed by atoms with Gasteiger partial charge in [-0.25, -0.2) is 0 Å². The Balaban J connectivity index is 1.33. The molecule has 2 heterocycles. The number of hydrogen-bond acceptors (Lipinski definition) is 3. The third-order valence-electron chi connectivity index (χ3n) is 5.87. The zero-order chi connectivity index (χ0) is 15.2. The largest absolute Gasteiger partial charge is 0.354 e. The number of likely N-dealkylation sites (tertiary alicyclic amines) is 1. The highest BCUT2D eigenvalue weighted by Crippen LogP contribution is 2.28. The summed E-state index contributed by atoms with van der Waals surface area (Å²) in [6.07, 6.45) is 11.9. The van der Waals surface area contributed by atoms with Crippen LogP contribution in [0, 0.1) is 11.8 Å². The van der Waals surface area contributed by atoms with Gasteiger partial charge >= 0.3 is 0 Å². The second kappa shape index (κ2) is 8.30. The number of rotatable bonds is 6. The van der Waals surface area contributed by atoms with Crippen LogP contribution in [-0.4, -0.2) is 49.6 Å². The minimum absolute atomic E-state index is 0.0714. The van der Waals surface area contributed by atoms with Crippen LogP contribution >= 0.6 is 0 Å². The Morgan fingerprint density at radius 1 is 1.05 bits per heavy atom. The van der Waals surface area contributed by atoms with E-state index in [4.69, 9.17) is 0 Å². The van der Waals surface area contributed by atoms with E-state index < -0.39 is 0 Å². The van der Waals surface area contributed by atoms with E-state index in [0.29, 0.717) is 5.92 Å². The summed E-state index contributed by atoms with van der Waals surface area (Å²) in [5.74, 6) is 1.87. The molecule has 2 atom stereocenters. The smallest absolute Gasteiger partial charge is 0.237 e. The molecule has 0 aromatic carbocycles. The van der Waals surface area contributed by atoms with Crippen LogP contribution in [0.4, 0.5) is 0 Å². The Morgan fingerprint density at radius 2 is 1.86 bits per heavy atom. The molecule has 4 nitrogen and oxygen atoms in total. The van der Waals surface area contributed by atoms with Crippen LogP contribution in [0.15, 0.2) is 0 Å². The summed E-state index contributed by atoms with van der Waals surface area (Å²) < 4.78 is 0. The molecule has 22 heavy (non-hydrogen) atoms. The zero-order valence-electron chi connectivity index (χ0n) is 14.0. The molecule has 0 aromatic heterocycles. The van der Waals surface area contributed by atoms with Crippen molar-refractivity contribution in [2.45, 2.75) is 63.8 Å². The minimum atomic E-state index is 0.0714. The molecular formula is C18H33N3O. The Hall–Kier alpha value is -0.610. The number of nitrogens with one attached hydrogen (secondary N) is 2. The van der Waals surface area contributed by atoms with Gasteiger partial charge in [-0.2, -0.15) is 0 Å². The van der Waals surface area contributed by atoms with Gasteiger partial charge in [0, 0.05) is 13.1 Å². The fourth-order valence-corrected chi connectivity index (χ4v) is 4.46. The second-order valence-electron chi connectivity index (χ2n) is 7.64. The van der Waals surface area contributed by atoms with Gasteiger partial charge in [0.15, 0.2) is 0 Å². The lowest BCUT2D eigenvalue weighted by atomic mass is 9.96. The number of hydrogen-bond donors (Lipinski definition) is 2. The summed E-state index contributed by atoms with van der Waals surface area (Å²) in [4.78, 5) is 14.7. The number of amides is 1. The van der Waals surface area contributed by atoms with E-state index in [1.54, 1.807) is 0 Å². The molecule has 2 saturated heterocycles. The highest BCUT2D eigenvalue weighted by atomic mass is 16.2. The van der Waals surface area contributed by atoms with Gasteiger partial charge in [0.05, 0.1) is 6.04 Å². The lowest BCUT2D eigenvalue weighted by Crippen LogP contribution is -2.45. The van der Waals surface area contributed by atoms with Gasteiger partial charge in [0.1, 0.15) is 0 Å². The van der Waals surface area contributed by atoms with Gasteiger partial charge < -0.3 is 15.5 Å². The van der Waals surface area contributed by atoms with Gasteiger partial charge in [0.25, 0.3) is 0 Å². The second-order valence-corrected chi connectivity index (χ2v) is 7.64. The Labute approximate surface area is 135 Å². The van der Waals surface area contributed by atoms with Crippen molar-refractivity contribution in [3.63, 3.8) is 0 Å². The minimum Gasteiger partial charge on any atom is -0.354 e. The van der Waals surface area contributed by atoms with Crippen molar-refractivity contribution in [3.05, 3.63) is 0 Å². The van der Waals surface area contributed by atoms with Crippen LogP contribution in [0.2, 0.25) is 0 Å². The molecule has 1 amide bonds. The average molecular weight is 307 g/mol. The summed E-state index contributed by atoms with van der Waals surface area (Å²) in [7, 11) is 0. The van der Waals surface area contributed by atoms with Crippen LogP contribution in [-0.2, 0) is 4.79 Å². The van der Waals surface area contributed by atoms with Crippen LogP contribution in [0.25, 0.3) is 0 Å². The van der Waals surface area contributed by atoms with Crippen molar-refractivity contribution < 1.29 is 4.79 Å². The van der Waals surface area contributed by atoms with Crippen LogP contribution in [0.3, 0.4) is 0 Å². The van der Waals surface area contributed by atoms with Crippen LogP contribution < -0.4 is 10.6 Å². The number of carbonyl (C=O) groups is 1. The van der Waals surface area contributed by atoms with E-state index in [1.807, 2.05) is 0 Å². The van der Waals surface area contributed by atoms with E-state index in [2.05, 4.69) is 15.5 Å². The molecule has 2 aliphatic heterocycles. The van der Waals surface area contributed by atoms with Crippen LogP contribution in [0.1, 0.15) is 57.8 Å². The van der Waals surface area contributed by atoms with E-state index in [0.717, 1.165) is 31.8 Å². The first kappa shape index (κ1) is 16.3. The Morgan fingerprint density at radius 3 is 2.64 bits per heavy atom. The van der Waals surface area contributed by atoms with Gasteiger partial charge in [-0.1, -0.05) is 25.7 Å². The third kappa shape index (κ3) is 4.69. The van der Waals surface area contributed by atoms with E-state index in [-0.39, 0.29) is 11.9 Å². The first-order valence-electron chi connectivity index (χ1n) is 9.55. The SMILES string of the molecule is O=C(NCC1CCCN(CCC2CCCC2)C1)C1CCCN1.